The largest absolute Gasteiger partial charge is 0.494 e. The molecule has 0 radical (unpaired) electrons. The molecule has 19 heavy (non-hydrogen) atoms. The molecule has 0 heterocycles. The molecule has 0 aliphatic heterocycles. The SMILES string of the molecule is COc1c(C)cc(C)cc1Nc1ccc(F)cc1N. The molecule has 0 bridgehead atoms. The maximum atomic E-state index is 13.0. The summed E-state index contributed by atoms with van der Waals surface area (Å²) in [4.78, 5) is 0. The van der Waals surface area contributed by atoms with Crippen molar-refractivity contribution in [1.29, 1.82) is 0 Å². The molecule has 3 nitrogen and oxygen atoms in total. The summed E-state index contributed by atoms with van der Waals surface area (Å²) >= 11 is 0. The third kappa shape index (κ3) is 2.78. The number of hydrogen-bond donors (Lipinski definition) is 2. The van der Waals surface area contributed by atoms with E-state index in [9.17, 15) is 4.39 Å². The van der Waals surface area contributed by atoms with E-state index in [-0.39, 0.29) is 5.82 Å². The summed E-state index contributed by atoms with van der Waals surface area (Å²) in [6.45, 7) is 3.98. The fourth-order valence-electron chi connectivity index (χ4n) is 2.11. The molecule has 0 aliphatic carbocycles. The van der Waals surface area contributed by atoms with Crippen molar-refractivity contribution in [3.8, 4) is 5.75 Å². The molecule has 4 heteroatoms. The molecule has 2 aromatic carbocycles. The molecule has 0 aliphatic rings. The smallest absolute Gasteiger partial charge is 0.145 e. The van der Waals surface area contributed by atoms with Gasteiger partial charge in [0.15, 0.2) is 0 Å². The van der Waals surface area contributed by atoms with Gasteiger partial charge in [0.25, 0.3) is 0 Å². The third-order valence-electron chi connectivity index (χ3n) is 2.91. The highest BCUT2D eigenvalue weighted by molar-refractivity contribution is 5.76. The molecule has 0 saturated carbocycles. The molecule has 2 rings (SSSR count). The predicted molar refractivity (Wildman–Crippen MR) is 76.6 cm³/mol. The van der Waals surface area contributed by atoms with E-state index < -0.39 is 0 Å². The van der Waals surface area contributed by atoms with Crippen molar-refractivity contribution < 1.29 is 9.13 Å². The fourth-order valence-corrected chi connectivity index (χ4v) is 2.11. The second kappa shape index (κ2) is 5.18. The van der Waals surface area contributed by atoms with E-state index in [1.165, 1.54) is 12.1 Å². The minimum atomic E-state index is -0.351. The van der Waals surface area contributed by atoms with E-state index in [1.54, 1.807) is 13.2 Å². The number of nitrogens with one attached hydrogen (secondary N) is 1. The van der Waals surface area contributed by atoms with Gasteiger partial charge in [0.2, 0.25) is 0 Å². The quantitative estimate of drug-likeness (QED) is 0.826. The Hall–Kier alpha value is -2.23. The van der Waals surface area contributed by atoms with Gasteiger partial charge in [-0.25, -0.2) is 4.39 Å². The van der Waals surface area contributed by atoms with Crippen LogP contribution in [0.2, 0.25) is 0 Å². The van der Waals surface area contributed by atoms with Crippen LogP contribution in [0.25, 0.3) is 0 Å². The highest BCUT2D eigenvalue weighted by Gasteiger charge is 2.09. The van der Waals surface area contributed by atoms with Gasteiger partial charge in [0.05, 0.1) is 24.2 Å². The summed E-state index contributed by atoms with van der Waals surface area (Å²) in [5.74, 6) is 0.407. The minimum Gasteiger partial charge on any atom is -0.494 e. The van der Waals surface area contributed by atoms with Crippen LogP contribution in [0, 0.1) is 19.7 Å². The Kier molecular flexibility index (Phi) is 3.60. The first-order valence-electron chi connectivity index (χ1n) is 5.98. The summed E-state index contributed by atoms with van der Waals surface area (Å²) in [6, 6.07) is 8.28. The third-order valence-corrected chi connectivity index (χ3v) is 2.91. The van der Waals surface area contributed by atoms with Gasteiger partial charge in [-0.15, -0.1) is 0 Å². The number of hydrogen-bond acceptors (Lipinski definition) is 3. The number of nitrogens with two attached hydrogens (primary N) is 1. The highest BCUT2D eigenvalue weighted by Crippen LogP contribution is 2.34. The normalized spacial score (nSPS) is 10.3. The number of aryl methyl sites for hydroxylation is 2. The standard InChI is InChI=1S/C15H17FN2O/c1-9-6-10(2)15(19-3)14(7-9)18-13-5-4-11(16)8-12(13)17/h4-8,18H,17H2,1-3H3. The molecule has 0 saturated heterocycles. The van der Waals surface area contributed by atoms with Gasteiger partial charge in [-0.3, -0.25) is 0 Å². The molecule has 0 atom stereocenters. The molecule has 3 N–H and O–H groups in total. The van der Waals surface area contributed by atoms with Crippen LogP contribution in [-0.4, -0.2) is 7.11 Å². The zero-order valence-electron chi connectivity index (χ0n) is 11.3. The lowest BCUT2D eigenvalue weighted by Gasteiger charge is -2.15. The van der Waals surface area contributed by atoms with Crippen molar-refractivity contribution in [2.24, 2.45) is 0 Å². The second-order valence-electron chi connectivity index (χ2n) is 4.52. The van der Waals surface area contributed by atoms with Gasteiger partial charge in [0.1, 0.15) is 11.6 Å². The Bertz CT molecular complexity index is 611. The van der Waals surface area contributed by atoms with Gasteiger partial charge >= 0.3 is 0 Å². The van der Waals surface area contributed by atoms with Crippen molar-refractivity contribution in [3.63, 3.8) is 0 Å². The number of ether oxygens (including phenoxy) is 1. The van der Waals surface area contributed by atoms with E-state index in [2.05, 4.69) is 5.32 Å². The lowest BCUT2D eigenvalue weighted by molar-refractivity contribution is 0.413. The van der Waals surface area contributed by atoms with Gasteiger partial charge in [-0.05, 0) is 49.2 Å². The van der Waals surface area contributed by atoms with Crippen molar-refractivity contribution in [2.45, 2.75) is 13.8 Å². The zero-order valence-corrected chi connectivity index (χ0v) is 11.3. The summed E-state index contributed by atoms with van der Waals surface area (Å²) in [5.41, 5.74) is 9.78. The summed E-state index contributed by atoms with van der Waals surface area (Å²) in [5, 5.41) is 3.18. The zero-order chi connectivity index (χ0) is 14.0. The number of nitrogen functional groups attached to an aromatic ring is 1. The number of halogens is 1. The van der Waals surface area contributed by atoms with Crippen molar-refractivity contribution in [1.82, 2.24) is 0 Å². The first-order valence-corrected chi connectivity index (χ1v) is 5.98. The molecule has 2 aromatic rings. The first-order chi connectivity index (χ1) is 9.01. The van der Waals surface area contributed by atoms with Crippen LogP contribution in [0.4, 0.5) is 21.5 Å². The highest BCUT2D eigenvalue weighted by atomic mass is 19.1. The summed E-state index contributed by atoms with van der Waals surface area (Å²) in [7, 11) is 1.62. The van der Waals surface area contributed by atoms with Crippen LogP contribution >= 0.6 is 0 Å². The van der Waals surface area contributed by atoms with E-state index in [0.29, 0.717) is 11.4 Å². The van der Waals surface area contributed by atoms with Crippen LogP contribution < -0.4 is 15.8 Å². The van der Waals surface area contributed by atoms with Crippen LogP contribution in [0.15, 0.2) is 30.3 Å². The number of benzene rings is 2. The molecule has 0 amide bonds. The lowest BCUT2D eigenvalue weighted by atomic mass is 10.1. The summed E-state index contributed by atoms with van der Waals surface area (Å²) in [6.07, 6.45) is 0. The Labute approximate surface area is 112 Å². The number of anilines is 3. The molecule has 0 unspecified atom stereocenters. The Morgan fingerprint density at radius 2 is 1.84 bits per heavy atom. The lowest BCUT2D eigenvalue weighted by Crippen LogP contribution is -2.00. The molecular weight excluding hydrogens is 243 g/mol. The molecule has 0 spiro atoms. The van der Waals surface area contributed by atoms with E-state index in [1.807, 2.05) is 26.0 Å². The van der Waals surface area contributed by atoms with Crippen LogP contribution in [0.1, 0.15) is 11.1 Å². The Balaban J connectivity index is 2.42. The average Bonchev–Trinajstić information content (AvgIpc) is 2.32. The van der Waals surface area contributed by atoms with Crippen molar-refractivity contribution in [3.05, 3.63) is 47.3 Å². The summed E-state index contributed by atoms with van der Waals surface area (Å²) < 4.78 is 18.4. The molecule has 0 aromatic heterocycles. The average molecular weight is 260 g/mol. The number of rotatable bonds is 3. The predicted octanol–water partition coefficient (Wildman–Crippen LogP) is 3.78. The Morgan fingerprint density at radius 3 is 2.47 bits per heavy atom. The van der Waals surface area contributed by atoms with Gasteiger partial charge < -0.3 is 15.8 Å². The van der Waals surface area contributed by atoms with Gasteiger partial charge in [-0.1, -0.05) is 6.07 Å². The van der Waals surface area contributed by atoms with E-state index >= 15 is 0 Å². The van der Waals surface area contributed by atoms with Crippen molar-refractivity contribution in [2.75, 3.05) is 18.2 Å². The second-order valence-corrected chi connectivity index (χ2v) is 4.52. The molecular formula is C15H17FN2O. The van der Waals surface area contributed by atoms with Crippen LogP contribution in [-0.2, 0) is 0 Å². The van der Waals surface area contributed by atoms with Crippen molar-refractivity contribution >= 4 is 17.1 Å². The first kappa shape index (κ1) is 13.2. The Morgan fingerprint density at radius 1 is 1.11 bits per heavy atom. The maximum absolute atomic E-state index is 13.0. The van der Waals surface area contributed by atoms with E-state index in [4.69, 9.17) is 10.5 Å². The van der Waals surface area contributed by atoms with Gasteiger partial charge in [0, 0.05) is 0 Å². The number of methoxy groups -OCH3 is 1. The minimum absolute atomic E-state index is 0.351. The van der Waals surface area contributed by atoms with Crippen LogP contribution in [0.3, 0.4) is 0 Å². The monoisotopic (exact) mass is 260 g/mol. The van der Waals surface area contributed by atoms with E-state index in [0.717, 1.165) is 22.6 Å². The fraction of sp³-hybridized carbons (Fsp3) is 0.200. The van der Waals surface area contributed by atoms with Gasteiger partial charge in [-0.2, -0.15) is 0 Å². The topological polar surface area (TPSA) is 47.3 Å². The maximum Gasteiger partial charge on any atom is 0.145 e. The van der Waals surface area contributed by atoms with Crippen LogP contribution in [0.5, 0.6) is 5.75 Å². The molecule has 0 fully saturated rings. The molecule has 100 valence electrons.